The molecule has 1 aliphatic carbocycles. The third-order valence-electron chi connectivity index (χ3n) is 5.98. The van der Waals surface area contributed by atoms with Gasteiger partial charge in [0, 0.05) is 22.8 Å². The summed E-state index contributed by atoms with van der Waals surface area (Å²) in [6, 6.07) is 18.2. The van der Waals surface area contributed by atoms with E-state index in [1.54, 1.807) is 11.8 Å². The van der Waals surface area contributed by atoms with Crippen molar-refractivity contribution in [2.24, 2.45) is 0 Å². The number of halogens is 1. The van der Waals surface area contributed by atoms with Gasteiger partial charge in [0.2, 0.25) is 11.8 Å². The zero-order valence-electron chi connectivity index (χ0n) is 18.8. The van der Waals surface area contributed by atoms with Crippen molar-refractivity contribution in [3.63, 3.8) is 0 Å². The van der Waals surface area contributed by atoms with Crippen molar-refractivity contribution in [1.82, 2.24) is 10.2 Å². The predicted octanol–water partition coefficient (Wildman–Crippen LogP) is 5.59. The maximum Gasteiger partial charge on any atom is 0.243 e. The van der Waals surface area contributed by atoms with Crippen LogP contribution in [0.15, 0.2) is 59.1 Å². The van der Waals surface area contributed by atoms with Gasteiger partial charge >= 0.3 is 0 Å². The number of rotatable bonds is 11. The van der Waals surface area contributed by atoms with Gasteiger partial charge < -0.3 is 10.2 Å². The molecule has 1 unspecified atom stereocenters. The molecule has 2 aromatic rings. The van der Waals surface area contributed by atoms with Gasteiger partial charge in [-0.15, -0.1) is 11.8 Å². The van der Waals surface area contributed by atoms with Crippen LogP contribution in [-0.2, 0) is 21.8 Å². The first-order chi connectivity index (χ1) is 15.6. The van der Waals surface area contributed by atoms with E-state index in [4.69, 9.17) is 0 Å². The number of benzene rings is 2. The van der Waals surface area contributed by atoms with Crippen LogP contribution in [0.25, 0.3) is 0 Å². The molecule has 1 saturated carbocycles. The number of hydrogen-bond acceptors (Lipinski definition) is 3. The molecule has 0 heterocycles. The van der Waals surface area contributed by atoms with E-state index in [1.165, 1.54) is 24.0 Å². The van der Waals surface area contributed by atoms with Crippen molar-refractivity contribution in [3.8, 4) is 0 Å². The Hall–Kier alpha value is -1.79. The first kappa shape index (κ1) is 24.8. The molecule has 2 amide bonds. The fraction of sp³-hybridized carbons (Fsp3) is 0.462. The van der Waals surface area contributed by atoms with Crippen LogP contribution < -0.4 is 5.32 Å². The zero-order chi connectivity index (χ0) is 22.8. The monoisotopic (exact) mass is 516 g/mol. The van der Waals surface area contributed by atoms with Crippen molar-refractivity contribution in [2.45, 2.75) is 63.3 Å². The number of hydrogen-bond donors (Lipinski definition) is 1. The lowest BCUT2D eigenvalue weighted by Gasteiger charge is -2.31. The van der Waals surface area contributed by atoms with Gasteiger partial charge in [-0.3, -0.25) is 9.59 Å². The van der Waals surface area contributed by atoms with Gasteiger partial charge in [0.05, 0.1) is 5.75 Å². The van der Waals surface area contributed by atoms with Crippen LogP contribution in [0.5, 0.6) is 0 Å². The van der Waals surface area contributed by atoms with Gasteiger partial charge in [0.1, 0.15) is 6.04 Å². The van der Waals surface area contributed by atoms with E-state index >= 15 is 0 Å². The molecule has 32 heavy (non-hydrogen) atoms. The Morgan fingerprint density at radius 1 is 1.06 bits per heavy atom. The molecule has 0 radical (unpaired) electrons. The second kappa shape index (κ2) is 13.0. The summed E-state index contributed by atoms with van der Waals surface area (Å²) in [4.78, 5) is 28.2. The summed E-state index contributed by atoms with van der Waals surface area (Å²) >= 11 is 5.06. The number of thioether (sulfide) groups is 1. The van der Waals surface area contributed by atoms with Crippen molar-refractivity contribution in [2.75, 3.05) is 12.3 Å². The minimum Gasteiger partial charge on any atom is -0.352 e. The van der Waals surface area contributed by atoms with Gasteiger partial charge in [-0.2, -0.15) is 0 Å². The van der Waals surface area contributed by atoms with Gasteiger partial charge in [0.25, 0.3) is 0 Å². The van der Waals surface area contributed by atoms with Gasteiger partial charge in [-0.1, -0.05) is 78.2 Å². The van der Waals surface area contributed by atoms with E-state index in [-0.39, 0.29) is 17.9 Å². The smallest absolute Gasteiger partial charge is 0.243 e. The Balaban J connectivity index is 1.63. The summed E-state index contributed by atoms with van der Waals surface area (Å²) in [5.41, 5.74) is 2.37. The van der Waals surface area contributed by atoms with Crippen LogP contribution in [0.4, 0.5) is 0 Å². The molecule has 0 bridgehead atoms. The molecule has 3 rings (SSSR count). The SMILES string of the molecule is CCC(C(=O)NC1CCCC1)N(CCc1ccccc1)C(=O)CSCc1ccc(Br)cc1. The number of carbonyl (C=O) groups is 2. The molecule has 1 N–H and O–H groups in total. The average molecular weight is 518 g/mol. The molecule has 1 atom stereocenters. The normalized spacial score (nSPS) is 14.8. The largest absolute Gasteiger partial charge is 0.352 e. The predicted molar refractivity (Wildman–Crippen MR) is 137 cm³/mol. The van der Waals surface area contributed by atoms with Crippen molar-refractivity contribution < 1.29 is 9.59 Å². The van der Waals surface area contributed by atoms with E-state index in [9.17, 15) is 9.59 Å². The highest BCUT2D eigenvalue weighted by molar-refractivity contribution is 9.10. The third-order valence-corrected chi connectivity index (χ3v) is 7.50. The minimum absolute atomic E-state index is 0.00118. The van der Waals surface area contributed by atoms with Crippen molar-refractivity contribution in [1.29, 1.82) is 0 Å². The molecule has 172 valence electrons. The quantitative estimate of drug-likeness (QED) is 0.423. The second-order valence-electron chi connectivity index (χ2n) is 8.36. The van der Waals surface area contributed by atoms with E-state index in [1.807, 2.05) is 42.2 Å². The number of nitrogens with one attached hydrogen (secondary N) is 1. The third kappa shape index (κ3) is 7.66. The Morgan fingerprint density at radius 2 is 1.75 bits per heavy atom. The van der Waals surface area contributed by atoms with E-state index in [0.29, 0.717) is 18.7 Å². The molecule has 1 fully saturated rings. The second-order valence-corrected chi connectivity index (χ2v) is 10.3. The minimum atomic E-state index is -0.417. The van der Waals surface area contributed by atoms with Crippen molar-refractivity contribution >= 4 is 39.5 Å². The maximum absolute atomic E-state index is 13.3. The van der Waals surface area contributed by atoms with Gasteiger partial charge in [0.15, 0.2) is 0 Å². The van der Waals surface area contributed by atoms with Crippen LogP contribution in [0.2, 0.25) is 0 Å². The van der Waals surface area contributed by atoms with Gasteiger partial charge in [-0.05, 0) is 48.9 Å². The summed E-state index contributed by atoms with van der Waals surface area (Å²) in [5, 5.41) is 3.21. The lowest BCUT2D eigenvalue weighted by Crippen LogP contribution is -2.52. The highest BCUT2D eigenvalue weighted by Crippen LogP contribution is 2.20. The molecule has 0 saturated heterocycles. The molecule has 1 aliphatic rings. The van der Waals surface area contributed by atoms with Crippen LogP contribution in [0.3, 0.4) is 0 Å². The molecular formula is C26H33BrN2O2S. The summed E-state index contributed by atoms with van der Waals surface area (Å²) in [7, 11) is 0. The first-order valence-electron chi connectivity index (χ1n) is 11.5. The number of amides is 2. The lowest BCUT2D eigenvalue weighted by molar-refractivity contribution is -0.139. The van der Waals surface area contributed by atoms with E-state index in [2.05, 4.69) is 45.5 Å². The lowest BCUT2D eigenvalue weighted by atomic mass is 10.1. The number of carbonyl (C=O) groups excluding carboxylic acids is 2. The zero-order valence-corrected chi connectivity index (χ0v) is 21.2. The van der Waals surface area contributed by atoms with Crippen LogP contribution >= 0.6 is 27.7 Å². The Labute approximate surface area is 204 Å². The highest BCUT2D eigenvalue weighted by Gasteiger charge is 2.30. The summed E-state index contributed by atoms with van der Waals surface area (Å²) < 4.78 is 1.05. The summed E-state index contributed by atoms with van der Waals surface area (Å²) in [5.74, 6) is 1.18. The molecular weight excluding hydrogens is 484 g/mol. The van der Waals surface area contributed by atoms with Gasteiger partial charge in [-0.25, -0.2) is 0 Å². The maximum atomic E-state index is 13.3. The van der Waals surface area contributed by atoms with E-state index < -0.39 is 6.04 Å². The fourth-order valence-corrected chi connectivity index (χ4v) is 5.32. The average Bonchev–Trinajstić information content (AvgIpc) is 3.31. The Morgan fingerprint density at radius 3 is 2.41 bits per heavy atom. The van der Waals surface area contributed by atoms with Crippen LogP contribution in [0, 0.1) is 0 Å². The molecule has 0 spiro atoms. The molecule has 2 aromatic carbocycles. The molecule has 0 aliphatic heterocycles. The van der Waals surface area contributed by atoms with E-state index in [0.717, 1.165) is 29.5 Å². The molecule has 0 aromatic heterocycles. The Bertz CT molecular complexity index is 854. The molecule has 6 heteroatoms. The summed E-state index contributed by atoms with van der Waals surface area (Å²) in [6.45, 7) is 2.55. The van der Waals surface area contributed by atoms with Crippen LogP contribution in [-0.4, -0.2) is 41.1 Å². The topological polar surface area (TPSA) is 49.4 Å². The van der Waals surface area contributed by atoms with Crippen molar-refractivity contribution in [3.05, 3.63) is 70.2 Å². The highest BCUT2D eigenvalue weighted by atomic mass is 79.9. The number of nitrogens with zero attached hydrogens (tertiary/aromatic N) is 1. The Kier molecular flexibility index (Phi) is 10.1. The summed E-state index contributed by atoms with van der Waals surface area (Å²) in [6.07, 6.45) is 5.80. The molecule has 4 nitrogen and oxygen atoms in total. The van der Waals surface area contributed by atoms with Crippen LogP contribution in [0.1, 0.15) is 50.2 Å². The fourth-order valence-electron chi connectivity index (χ4n) is 4.18. The first-order valence-corrected chi connectivity index (χ1v) is 13.5. The standard InChI is InChI=1S/C26H33BrN2O2S/c1-2-24(26(31)28-23-10-6-7-11-23)29(17-16-20-8-4-3-5-9-20)25(30)19-32-18-21-12-14-22(27)15-13-21/h3-5,8-9,12-15,23-24H,2,6-7,10-11,16-19H2,1H3,(H,28,31).